The Labute approximate surface area is 132 Å². The Morgan fingerprint density at radius 2 is 1.80 bits per heavy atom. The molecule has 2 nitrogen and oxygen atoms in total. The molecule has 0 bridgehead atoms. The Kier molecular flexibility index (Phi) is 4.65. The molecule has 0 radical (unpaired) electrons. The van der Waals surface area contributed by atoms with Gasteiger partial charge >= 0.3 is 0 Å². The molecule has 0 aliphatic heterocycles. The van der Waals surface area contributed by atoms with Gasteiger partial charge in [-0.3, -0.25) is 0 Å². The molecule has 0 aromatic heterocycles. The van der Waals surface area contributed by atoms with Gasteiger partial charge in [0.15, 0.2) is 0 Å². The van der Waals surface area contributed by atoms with Gasteiger partial charge in [-0.2, -0.15) is 0 Å². The lowest BCUT2D eigenvalue weighted by molar-refractivity contribution is 0.404. The van der Waals surface area contributed by atoms with Crippen LogP contribution in [0, 0.1) is 23.2 Å². The van der Waals surface area contributed by atoms with Crippen LogP contribution in [-0.2, 0) is 0 Å². The molecule has 1 unspecified atom stereocenters. The molecule has 2 aromatic rings. The molecular weight excluding hydrogens is 368 g/mol. The monoisotopic (exact) mass is 385 g/mol. The van der Waals surface area contributed by atoms with Crippen LogP contribution in [0.5, 0.6) is 5.75 Å². The molecule has 0 saturated heterocycles. The fourth-order valence-electron chi connectivity index (χ4n) is 2.25. The fourth-order valence-corrected chi connectivity index (χ4v) is 3.06. The van der Waals surface area contributed by atoms with Crippen LogP contribution in [0.3, 0.4) is 0 Å². The van der Waals surface area contributed by atoms with E-state index < -0.39 is 0 Å². The van der Waals surface area contributed by atoms with Crippen molar-refractivity contribution in [2.24, 2.45) is 5.73 Å². The summed E-state index contributed by atoms with van der Waals surface area (Å²) in [5, 5.41) is 0. The largest absolute Gasteiger partial charge is 0.496 e. The molecule has 0 aliphatic rings. The number of nitrogens with two attached hydrogens (primary N) is 1. The second-order valence-electron chi connectivity index (χ2n) is 4.77. The minimum Gasteiger partial charge on any atom is -0.496 e. The Morgan fingerprint density at radius 3 is 2.40 bits per heavy atom. The molecule has 0 spiro atoms. The third-order valence-corrected chi connectivity index (χ3v) is 4.48. The Bertz CT molecular complexity index is 643. The zero-order valence-electron chi connectivity index (χ0n) is 11.7. The van der Waals surface area contributed by atoms with E-state index in [1.54, 1.807) is 13.2 Å². The lowest BCUT2D eigenvalue weighted by Crippen LogP contribution is -2.15. The number of rotatable bonds is 3. The summed E-state index contributed by atoms with van der Waals surface area (Å²) in [5.41, 5.74) is 10.4. The van der Waals surface area contributed by atoms with Gasteiger partial charge in [0.05, 0.1) is 13.2 Å². The second kappa shape index (κ2) is 6.10. The topological polar surface area (TPSA) is 35.2 Å². The smallest absolute Gasteiger partial charge is 0.127 e. The van der Waals surface area contributed by atoms with Gasteiger partial charge in [0.1, 0.15) is 11.6 Å². The van der Waals surface area contributed by atoms with E-state index in [2.05, 4.69) is 22.6 Å². The number of aryl methyl sites for hydroxylation is 1. The van der Waals surface area contributed by atoms with E-state index in [4.69, 9.17) is 10.5 Å². The van der Waals surface area contributed by atoms with Crippen LogP contribution < -0.4 is 10.5 Å². The second-order valence-corrected chi connectivity index (χ2v) is 5.94. The first-order valence-electron chi connectivity index (χ1n) is 6.30. The average molecular weight is 385 g/mol. The molecule has 20 heavy (non-hydrogen) atoms. The third-order valence-electron chi connectivity index (χ3n) is 3.54. The molecule has 1 atom stereocenters. The van der Waals surface area contributed by atoms with Crippen LogP contribution in [0.15, 0.2) is 30.3 Å². The molecule has 4 heteroatoms. The van der Waals surface area contributed by atoms with Gasteiger partial charge in [-0.15, -0.1) is 0 Å². The summed E-state index contributed by atoms with van der Waals surface area (Å²) >= 11 is 2.11. The summed E-state index contributed by atoms with van der Waals surface area (Å²) < 4.78 is 19.5. The first-order valence-corrected chi connectivity index (χ1v) is 7.38. The van der Waals surface area contributed by atoms with Crippen molar-refractivity contribution >= 4 is 22.6 Å². The van der Waals surface area contributed by atoms with Crippen molar-refractivity contribution in [2.75, 3.05) is 7.11 Å². The summed E-state index contributed by atoms with van der Waals surface area (Å²) in [6.45, 7) is 4.05. The predicted octanol–water partition coefficient (Wildman–Crippen LogP) is 4.10. The number of benzene rings is 2. The number of hydrogen-bond acceptors (Lipinski definition) is 2. The maximum Gasteiger partial charge on any atom is 0.127 e. The quantitative estimate of drug-likeness (QED) is 0.808. The van der Waals surface area contributed by atoms with Gasteiger partial charge in [0.2, 0.25) is 0 Å². The first kappa shape index (κ1) is 15.3. The highest BCUT2D eigenvalue weighted by Gasteiger charge is 2.18. The molecule has 0 heterocycles. The zero-order chi connectivity index (χ0) is 14.9. The highest BCUT2D eigenvalue weighted by Crippen LogP contribution is 2.34. The molecule has 0 amide bonds. The summed E-state index contributed by atoms with van der Waals surface area (Å²) in [7, 11) is 1.65. The van der Waals surface area contributed by atoms with Crippen molar-refractivity contribution < 1.29 is 9.13 Å². The van der Waals surface area contributed by atoms with Crippen LogP contribution in [0.4, 0.5) is 4.39 Å². The van der Waals surface area contributed by atoms with Crippen molar-refractivity contribution in [1.29, 1.82) is 0 Å². The third kappa shape index (κ3) is 2.81. The number of halogens is 2. The zero-order valence-corrected chi connectivity index (χ0v) is 13.9. The normalized spacial score (nSPS) is 12.3. The molecule has 0 aliphatic carbocycles. The molecule has 2 N–H and O–H groups in total. The van der Waals surface area contributed by atoms with Crippen molar-refractivity contribution in [3.8, 4) is 5.75 Å². The standard InChI is InChI=1S/C16H17FINO/c1-9-4-6-13(16(20-3)10(9)2)15(19)12-7-5-11(17)8-14(12)18/h4-8,15H,19H2,1-3H3. The SMILES string of the molecule is COc1c(C(N)c2ccc(F)cc2I)ccc(C)c1C. The van der Waals surface area contributed by atoms with E-state index >= 15 is 0 Å². The lowest BCUT2D eigenvalue weighted by atomic mass is 9.95. The predicted molar refractivity (Wildman–Crippen MR) is 87.6 cm³/mol. The highest BCUT2D eigenvalue weighted by atomic mass is 127. The Hall–Kier alpha value is -1.14. The van der Waals surface area contributed by atoms with Crippen LogP contribution in [0.25, 0.3) is 0 Å². The number of methoxy groups -OCH3 is 1. The van der Waals surface area contributed by atoms with Gasteiger partial charge in [0.25, 0.3) is 0 Å². The van der Waals surface area contributed by atoms with Crippen molar-refractivity contribution in [1.82, 2.24) is 0 Å². The first-order chi connectivity index (χ1) is 9.45. The van der Waals surface area contributed by atoms with Crippen LogP contribution >= 0.6 is 22.6 Å². The lowest BCUT2D eigenvalue weighted by Gasteiger charge is -2.20. The summed E-state index contributed by atoms with van der Waals surface area (Å²) in [4.78, 5) is 0. The molecule has 2 aromatic carbocycles. The molecule has 106 valence electrons. The molecular formula is C16H17FINO. The molecule has 0 saturated carbocycles. The van der Waals surface area contributed by atoms with E-state index in [1.165, 1.54) is 12.1 Å². The maximum atomic E-state index is 13.2. The van der Waals surface area contributed by atoms with Gasteiger partial charge in [-0.05, 0) is 65.3 Å². The van der Waals surface area contributed by atoms with Crippen LogP contribution in [0.2, 0.25) is 0 Å². The van der Waals surface area contributed by atoms with Crippen LogP contribution in [0.1, 0.15) is 28.3 Å². The van der Waals surface area contributed by atoms with E-state index in [9.17, 15) is 4.39 Å². The van der Waals surface area contributed by atoms with Crippen molar-refractivity contribution in [3.63, 3.8) is 0 Å². The van der Waals surface area contributed by atoms with E-state index in [0.717, 1.165) is 31.6 Å². The van der Waals surface area contributed by atoms with Crippen molar-refractivity contribution in [2.45, 2.75) is 19.9 Å². The number of ether oxygens (including phenoxy) is 1. The van der Waals surface area contributed by atoms with E-state index in [-0.39, 0.29) is 11.9 Å². The summed E-state index contributed by atoms with van der Waals surface area (Å²) in [6, 6.07) is 8.33. The highest BCUT2D eigenvalue weighted by molar-refractivity contribution is 14.1. The molecule has 0 fully saturated rings. The molecule has 2 rings (SSSR count). The fraction of sp³-hybridized carbons (Fsp3) is 0.250. The van der Waals surface area contributed by atoms with E-state index in [0.29, 0.717) is 0 Å². The maximum absolute atomic E-state index is 13.2. The van der Waals surface area contributed by atoms with Crippen molar-refractivity contribution in [3.05, 3.63) is 62.0 Å². The summed E-state index contributed by atoms with van der Waals surface area (Å²) in [5.74, 6) is 0.551. The minimum atomic E-state index is -0.336. The minimum absolute atomic E-state index is 0.252. The van der Waals surface area contributed by atoms with Gasteiger partial charge < -0.3 is 10.5 Å². The summed E-state index contributed by atoms with van der Waals surface area (Å²) in [6.07, 6.45) is 0. The van der Waals surface area contributed by atoms with Gasteiger partial charge in [0, 0.05) is 9.13 Å². The number of hydrogen-bond donors (Lipinski definition) is 1. The van der Waals surface area contributed by atoms with Gasteiger partial charge in [-0.25, -0.2) is 4.39 Å². The van der Waals surface area contributed by atoms with Crippen LogP contribution in [-0.4, -0.2) is 7.11 Å². The average Bonchev–Trinajstić information content (AvgIpc) is 2.41. The van der Waals surface area contributed by atoms with E-state index in [1.807, 2.05) is 26.0 Å². The van der Waals surface area contributed by atoms with Gasteiger partial charge in [-0.1, -0.05) is 18.2 Å². The Morgan fingerprint density at radius 1 is 1.15 bits per heavy atom. The Balaban J connectivity index is 2.53.